The van der Waals surface area contributed by atoms with E-state index in [1.54, 1.807) is 18.2 Å². The minimum atomic E-state index is -4.36. The summed E-state index contributed by atoms with van der Waals surface area (Å²) in [4.78, 5) is 0.00262. The van der Waals surface area contributed by atoms with Crippen LogP contribution in [0.4, 0.5) is 13.2 Å². The fourth-order valence-electron chi connectivity index (χ4n) is 2.22. The van der Waals surface area contributed by atoms with Crippen LogP contribution in [-0.4, -0.2) is 32.0 Å². The van der Waals surface area contributed by atoms with Crippen LogP contribution in [0.5, 0.6) is 0 Å². The monoisotopic (exact) mass is 371 g/mol. The van der Waals surface area contributed by atoms with Gasteiger partial charge in [-0.15, -0.1) is 0 Å². The molecule has 1 unspecified atom stereocenters. The molecule has 112 valence electrons. The average molecular weight is 372 g/mol. The highest BCUT2D eigenvalue weighted by Crippen LogP contribution is 2.35. The van der Waals surface area contributed by atoms with Crippen molar-refractivity contribution in [2.45, 2.75) is 23.9 Å². The number of hydrogen-bond acceptors (Lipinski definition) is 2. The fraction of sp³-hybridized carbons (Fsp3) is 0.500. The van der Waals surface area contributed by atoms with Gasteiger partial charge in [-0.25, -0.2) is 8.42 Å². The molecule has 0 aromatic heterocycles. The Morgan fingerprint density at radius 3 is 2.50 bits per heavy atom. The van der Waals surface area contributed by atoms with E-state index in [-0.39, 0.29) is 24.3 Å². The molecule has 0 saturated carbocycles. The fourth-order valence-corrected chi connectivity index (χ4v) is 4.71. The highest BCUT2D eigenvalue weighted by atomic mass is 79.9. The average Bonchev–Trinajstić information content (AvgIpc) is 2.38. The Kier molecular flexibility index (Phi) is 4.46. The Morgan fingerprint density at radius 2 is 1.90 bits per heavy atom. The van der Waals surface area contributed by atoms with E-state index in [1.165, 1.54) is 6.07 Å². The van der Waals surface area contributed by atoms with Gasteiger partial charge in [0, 0.05) is 17.6 Å². The first-order valence-corrected chi connectivity index (χ1v) is 8.27. The number of alkyl halides is 3. The van der Waals surface area contributed by atoms with Crippen molar-refractivity contribution >= 4 is 26.0 Å². The van der Waals surface area contributed by atoms with Gasteiger partial charge in [-0.1, -0.05) is 12.1 Å². The zero-order valence-electron chi connectivity index (χ0n) is 10.4. The lowest BCUT2D eigenvalue weighted by atomic mass is 9.99. The second-order valence-electron chi connectivity index (χ2n) is 4.67. The standard InChI is InChI=1S/C12H13BrF3NO2S/c13-10-5-1-2-6-11(10)20(18,19)17-7-3-4-9(8-17)12(14,15)16/h1-2,5-6,9H,3-4,7-8H2. The molecule has 1 aliphatic heterocycles. The van der Waals surface area contributed by atoms with Crippen molar-refractivity contribution in [1.82, 2.24) is 4.31 Å². The molecule has 2 rings (SSSR count). The number of rotatable bonds is 2. The van der Waals surface area contributed by atoms with Gasteiger partial charge >= 0.3 is 6.18 Å². The van der Waals surface area contributed by atoms with E-state index >= 15 is 0 Å². The summed E-state index contributed by atoms with van der Waals surface area (Å²) >= 11 is 3.13. The molecule has 1 saturated heterocycles. The van der Waals surface area contributed by atoms with Crippen LogP contribution in [0.15, 0.2) is 33.6 Å². The van der Waals surface area contributed by atoms with Gasteiger partial charge < -0.3 is 0 Å². The number of benzene rings is 1. The van der Waals surface area contributed by atoms with Crippen LogP contribution in [0, 0.1) is 5.92 Å². The van der Waals surface area contributed by atoms with Crippen molar-refractivity contribution in [2.75, 3.05) is 13.1 Å². The van der Waals surface area contributed by atoms with E-state index in [2.05, 4.69) is 15.9 Å². The molecule has 0 aliphatic carbocycles. The second-order valence-corrected chi connectivity index (χ2v) is 7.43. The molecule has 1 atom stereocenters. The predicted octanol–water partition coefficient (Wildman–Crippen LogP) is 3.41. The smallest absolute Gasteiger partial charge is 0.207 e. The minimum absolute atomic E-state index is 0.00262. The Bertz CT molecular complexity index is 589. The van der Waals surface area contributed by atoms with Crippen molar-refractivity contribution in [1.29, 1.82) is 0 Å². The minimum Gasteiger partial charge on any atom is -0.207 e. The molecule has 1 aromatic carbocycles. The van der Waals surface area contributed by atoms with Gasteiger partial charge in [-0.3, -0.25) is 0 Å². The van der Waals surface area contributed by atoms with E-state index < -0.39 is 28.7 Å². The summed E-state index contributed by atoms with van der Waals surface area (Å²) in [5.74, 6) is -1.59. The van der Waals surface area contributed by atoms with E-state index in [0.717, 1.165) is 4.31 Å². The van der Waals surface area contributed by atoms with Crippen LogP contribution < -0.4 is 0 Å². The molecule has 0 bridgehead atoms. The molecule has 1 aromatic rings. The zero-order chi connectivity index (χ0) is 15.0. The van der Waals surface area contributed by atoms with Gasteiger partial charge in [-0.2, -0.15) is 17.5 Å². The molecule has 3 nitrogen and oxygen atoms in total. The molecule has 0 spiro atoms. The summed E-state index contributed by atoms with van der Waals surface area (Å²) < 4.78 is 64.4. The van der Waals surface area contributed by atoms with Crippen molar-refractivity contribution in [3.05, 3.63) is 28.7 Å². The van der Waals surface area contributed by atoms with Crippen LogP contribution in [0.25, 0.3) is 0 Å². The molecule has 0 N–H and O–H groups in total. The lowest BCUT2D eigenvalue weighted by molar-refractivity contribution is -0.182. The maximum atomic E-state index is 12.8. The van der Waals surface area contributed by atoms with Crippen LogP contribution in [0.2, 0.25) is 0 Å². The SMILES string of the molecule is O=S(=O)(c1ccccc1Br)N1CCCC(C(F)(F)F)C1. The zero-order valence-corrected chi connectivity index (χ0v) is 12.8. The first-order chi connectivity index (χ1) is 9.23. The molecule has 0 radical (unpaired) electrons. The Balaban J connectivity index is 2.29. The van der Waals surface area contributed by atoms with E-state index in [9.17, 15) is 21.6 Å². The van der Waals surface area contributed by atoms with E-state index in [0.29, 0.717) is 4.47 Å². The molecule has 1 aliphatic rings. The summed E-state index contributed by atoms with van der Waals surface area (Å²) in [7, 11) is -3.90. The summed E-state index contributed by atoms with van der Waals surface area (Å²) in [6.45, 7) is -0.386. The summed E-state index contributed by atoms with van der Waals surface area (Å²) in [6, 6.07) is 6.13. The lowest BCUT2D eigenvalue weighted by Crippen LogP contribution is -2.44. The molecule has 8 heteroatoms. The normalized spacial score (nSPS) is 21.9. The number of piperidine rings is 1. The number of hydrogen-bond donors (Lipinski definition) is 0. The first kappa shape index (κ1) is 15.8. The quantitative estimate of drug-likeness (QED) is 0.798. The van der Waals surface area contributed by atoms with Gasteiger partial charge in [0.2, 0.25) is 10.0 Å². The Labute approximate surface area is 123 Å². The van der Waals surface area contributed by atoms with E-state index in [1.807, 2.05) is 0 Å². The number of nitrogens with zero attached hydrogens (tertiary/aromatic N) is 1. The summed E-state index contributed by atoms with van der Waals surface area (Å²) in [5.41, 5.74) is 0. The third kappa shape index (κ3) is 3.17. The van der Waals surface area contributed by atoms with Gasteiger partial charge in [0.05, 0.1) is 10.8 Å². The number of sulfonamides is 1. The van der Waals surface area contributed by atoms with Crippen molar-refractivity contribution in [3.63, 3.8) is 0 Å². The Hall–Kier alpha value is -0.600. The molecule has 1 heterocycles. The molecular weight excluding hydrogens is 359 g/mol. The third-order valence-electron chi connectivity index (χ3n) is 3.30. The van der Waals surface area contributed by atoms with Gasteiger partial charge in [0.15, 0.2) is 0 Å². The maximum Gasteiger partial charge on any atom is 0.393 e. The van der Waals surface area contributed by atoms with E-state index in [4.69, 9.17) is 0 Å². The van der Waals surface area contributed by atoms with Crippen molar-refractivity contribution < 1.29 is 21.6 Å². The molecule has 0 amide bonds. The largest absolute Gasteiger partial charge is 0.393 e. The highest BCUT2D eigenvalue weighted by Gasteiger charge is 2.44. The molecular formula is C12H13BrF3NO2S. The summed E-state index contributed by atoms with van der Waals surface area (Å²) in [5, 5.41) is 0. The first-order valence-electron chi connectivity index (χ1n) is 6.04. The van der Waals surface area contributed by atoms with Crippen LogP contribution in [0.1, 0.15) is 12.8 Å². The lowest BCUT2D eigenvalue weighted by Gasteiger charge is -2.33. The molecule has 1 fully saturated rings. The molecule has 20 heavy (non-hydrogen) atoms. The van der Waals surface area contributed by atoms with Crippen LogP contribution in [-0.2, 0) is 10.0 Å². The van der Waals surface area contributed by atoms with Gasteiger partial charge in [0.1, 0.15) is 0 Å². The highest BCUT2D eigenvalue weighted by molar-refractivity contribution is 9.10. The van der Waals surface area contributed by atoms with Gasteiger partial charge in [-0.05, 0) is 40.9 Å². The second kappa shape index (κ2) is 5.65. The van der Waals surface area contributed by atoms with Crippen LogP contribution in [0.3, 0.4) is 0 Å². The summed E-state index contributed by atoms with van der Waals surface area (Å²) in [6.07, 6.45) is -4.17. The Morgan fingerprint density at radius 1 is 1.25 bits per heavy atom. The third-order valence-corrected chi connectivity index (χ3v) is 6.18. The van der Waals surface area contributed by atoms with Crippen molar-refractivity contribution in [3.8, 4) is 0 Å². The topological polar surface area (TPSA) is 37.4 Å². The maximum absolute atomic E-state index is 12.8. The van der Waals surface area contributed by atoms with Crippen LogP contribution >= 0.6 is 15.9 Å². The number of halogens is 4. The van der Waals surface area contributed by atoms with Gasteiger partial charge in [0.25, 0.3) is 0 Å². The predicted molar refractivity (Wildman–Crippen MR) is 71.7 cm³/mol. The van der Waals surface area contributed by atoms with Crippen molar-refractivity contribution in [2.24, 2.45) is 5.92 Å².